The third kappa shape index (κ3) is 2.59. The molecule has 4 heteroatoms. The van der Waals surface area contributed by atoms with Gasteiger partial charge in [-0.1, -0.05) is 0 Å². The standard InChI is InChI=1S/C14H24N4/c1-18-7-4-11(5-8-18)13-10-16-14(17-13)12-3-2-6-15-9-12/h10-12,15H,2-9H2,1H3,(H,16,17). The molecule has 3 rings (SSSR count). The third-order valence-corrected chi connectivity index (χ3v) is 4.46. The van der Waals surface area contributed by atoms with Gasteiger partial charge in [0.2, 0.25) is 0 Å². The van der Waals surface area contributed by atoms with E-state index in [1.807, 2.05) is 0 Å². The first-order valence-electron chi connectivity index (χ1n) is 7.27. The van der Waals surface area contributed by atoms with Crippen LogP contribution in [-0.4, -0.2) is 48.1 Å². The van der Waals surface area contributed by atoms with Crippen molar-refractivity contribution in [1.29, 1.82) is 0 Å². The molecule has 1 atom stereocenters. The number of likely N-dealkylation sites (tertiary alicyclic amines) is 1. The van der Waals surface area contributed by atoms with Crippen LogP contribution in [0.3, 0.4) is 0 Å². The quantitative estimate of drug-likeness (QED) is 0.837. The summed E-state index contributed by atoms with van der Waals surface area (Å²) in [7, 11) is 2.21. The zero-order chi connectivity index (χ0) is 12.4. The fraction of sp³-hybridized carbons (Fsp3) is 0.786. The number of imidazole rings is 1. The van der Waals surface area contributed by atoms with E-state index in [0.717, 1.165) is 6.54 Å². The molecule has 0 aromatic carbocycles. The summed E-state index contributed by atoms with van der Waals surface area (Å²) in [5.74, 6) is 2.49. The lowest BCUT2D eigenvalue weighted by Crippen LogP contribution is -2.30. The fourth-order valence-electron chi connectivity index (χ4n) is 3.17. The van der Waals surface area contributed by atoms with Crippen molar-refractivity contribution in [1.82, 2.24) is 20.2 Å². The minimum absolute atomic E-state index is 0.596. The number of nitrogens with zero attached hydrogens (tertiary/aromatic N) is 2. The van der Waals surface area contributed by atoms with E-state index in [1.54, 1.807) is 0 Å². The molecular weight excluding hydrogens is 224 g/mol. The average molecular weight is 248 g/mol. The molecule has 0 amide bonds. The van der Waals surface area contributed by atoms with Crippen molar-refractivity contribution in [2.24, 2.45) is 0 Å². The molecule has 0 radical (unpaired) electrons. The second-order valence-corrected chi connectivity index (χ2v) is 5.84. The first kappa shape index (κ1) is 12.2. The van der Waals surface area contributed by atoms with E-state index in [-0.39, 0.29) is 0 Å². The van der Waals surface area contributed by atoms with E-state index < -0.39 is 0 Å². The van der Waals surface area contributed by atoms with Gasteiger partial charge < -0.3 is 15.2 Å². The maximum atomic E-state index is 4.62. The van der Waals surface area contributed by atoms with Crippen molar-refractivity contribution in [2.75, 3.05) is 33.2 Å². The molecule has 2 fully saturated rings. The van der Waals surface area contributed by atoms with Gasteiger partial charge in [0.05, 0.1) is 0 Å². The minimum atomic E-state index is 0.596. The molecule has 1 aromatic heterocycles. The number of hydrogen-bond donors (Lipinski definition) is 2. The van der Waals surface area contributed by atoms with Crippen molar-refractivity contribution >= 4 is 0 Å². The zero-order valence-electron chi connectivity index (χ0n) is 11.3. The maximum absolute atomic E-state index is 4.62. The second kappa shape index (κ2) is 5.41. The predicted octanol–water partition coefficient (Wildman–Crippen LogP) is 1.69. The van der Waals surface area contributed by atoms with E-state index in [4.69, 9.17) is 0 Å². The van der Waals surface area contributed by atoms with Gasteiger partial charge in [-0.2, -0.15) is 0 Å². The number of nitrogens with one attached hydrogen (secondary N) is 2. The van der Waals surface area contributed by atoms with Crippen LogP contribution in [-0.2, 0) is 0 Å². The van der Waals surface area contributed by atoms with Crippen LogP contribution < -0.4 is 5.32 Å². The van der Waals surface area contributed by atoms with Crippen LogP contribution in [0.5, 0.6) is 0 Å². The Morgan fingerprint density at radius 1 is 1.22 bits per heavy atom. The summed E-state index contributed by atoms with van der Waals surface area (Å²) >= 11 is 0. The van der Waals surface area contributed by atoms with Crippen LogP contribution in [0.2, 0.25) is 0 Å². The molecule has 2 aliphatic heterocycles. The Balaban J connectivity index is 1.65. The highest BCUT2D eigenvalue weighted by molar-refractivity contribution is 5.12. The molecule has 0 spiro atoms. The van der Waals surface area contributed by atoms with Crippen molar-refractivity contribution < 1.29 is 0 Å². The molecule has 1 unspecified atom stereocenters. The smallest absolute Gasteiger partial charge is 0.110 e. The highest BCUT2D eigenvalue weighted by Crippen LogP contribution is 2.28. The monoisotopic (exact) mass is 248 g/mol. The van der Waals surface area contributed by atoms with E-state index >= 15 is 0 Å². The van der Waals surface area contributed by atoms with E-state index in [2.05, 4.69) is 33.4 Å². The van der Waals surface area contributed by atoms with Crippen LogP contribution in [0.15, 0.2) is 6.20 Å². The van der Waals surface area contributed by atoms with Crippen molar-refractivity contribution in [3.8, 4) is 0 Å². The summed E-state index contributed by atoms with van der Waals surface area (Å²) in [5.41, 5.74) is 1.36. The first-order chi connectivity index (χ1) is 8.83. The highest BCUT2D eigenvalue weighted by atomic mass is 15.1. The SMILES string of the molecule is CN1CCC(c2cnc(C3CCCNC3)[nH]2)CC1. The van der Waals surface area contributed by atoms with Gasteiger partial charge in [-0.3, -0.25) is 0 Å². The average Bonchev–Trinajstić information content (AvgIpc) is 2.90. The third-order valence-electron chi connectivity index (χ3n) is 4.46. The van der Waals surface area contributed by atoms with Gasteiger partial charge >= 0.3 is 0 Å². The molecule has 0 aliphatic carbocycles. The summed E-state index contributed by atoms with van der Waals surface area (Å²) in [4.78, 5) is 10.6. The van der Waals surface area contributed by atoms with E-state index in [9.17, 15) is 0 Å². The molecule has 0 bridgehead atoms. The minimum Gasteiger partial charge on any atom is -0.345 e. The molecule has 2 saturated heterocycles. The van der Waals surface area contributed by atoms with Crippen molar-refractivity contribution in [3.63, 3.8) is 0 Å². The molecule has 2 aliphatic rings. The lowest BCUT2D eigenvalue weighted by Gasteiger charge is -2.28. The zero-order valence-corrected chi connectivity index (χ0v) is 11.3. The normalized spacial score (nSPS) is 27.5. The molecule has 18 heavy (non-hydrogen) atoms. The Morgan fingerprint density at radius 3 is 2.78 bits per heavy atom. The molecule has 4 nitrogen and oxygen atoms in total. The van der Waals surface area contributed by atoms with Crippen molar-refractivity contribution in [2.45, 2.75) is 37.5 Å². The van der Waals surface area contributed by atoms with Crippen LogP contribution in [0.1, 0.15) is 49.0 Å². The summed E-state index contributed by atoms with van der Waals surface area (Å²) in [6, 6.07) is 0. The van der Waals surface area contributed by atoms with Crippen LogP contribution in [0.4, 0.5) is 0 Å². The molecule has 1 aromatic rings. The maximum Gasteiger partial charge on any atom is 0.110 e. The first-order valence-corrected chi connectivity index (χ1v) is 7.27. The van der Waals surface area contributed by atoms with Gasteiger partial charge in [0.1, 0.15) is 5.82 Å². The Kier molecular flexibility index (Phi) is 3.66. The topological polar surface area (TPSA) is 44.0 Å². The Morgan fingerprint density at radius 2 is 2.06 bits per heavy atom. The molecular formula is C14H24N4. The molecule has 3 heterocycles. The van der Waals surface area contributed by atoms with Crippen molar-refractivity contribution in [3.05, 3.63) is 17.7 Å². The van der Waals surface area contributed by atoms with Gasteiger partial charge in [-0.15, -0.1) is 0 Å². The van der Waals surface area contributed by atoms with Crippen LogP contribution in [0.25, 0.3) is 0 Å². The number of piperidine rings is 2. The summed E-state index contributed by atoms with van der Waals surface area (Å²) < 4.78 is 0. The van der Waals surface area contributed by atoms with Gasteiger partial charge in [0.25, 0.3) is 0 Å². The molecule has 100 valence electrons. The van der Waals surface area contributed by atoms with Gasteiger partial charge in [0.15, 0.2) is 0 Å². The Bertz CT molecular complexity index is 373. The van der Waals surface area contributed by atoms with Gasteiger partial charge in [-0.25, -0.2) is 4.98 Å². The summed E-state index contributed by atoms with van der Waals surface area (Å²) in [6.45, 7) is 4.67. The predicted molar refractivity (Wildman–Crippen MR) is 72.9 cm³/mol. The summed E-state index contributed by atoms with van der Waals surface area (Å²) in [6.07, 6.45) is 7.16. The molecule has 0 saturated carbocycles. The van der Waals surface area contributed by atoms with Gasteiger partial charge in [-0.05, 0) is 52.4 Å². The second-order valence-electron chi connectivity index (χ2n) is 5.84. The number of hydrogen-bond acceptors (Lipinski definition) is 3. The highest BCUT2D eigenvalue weighted by Gasteiger charge is 2.22. The van der Waals surface area contributed by atoms with Crippen LogP contribution in [0, 0.1) is 0 Å². The Labute approximate surface area is 109 Å². The molecule has 2 N–H and O–H groups in total. The lowest BCUT2D eigenvalue weighted by atomic mass is 9.94. The van der Waals surface area contributed by atoms with E-state index in [0.29, 0.717) is 11.8 Å². The lowest BCUT2D eigenvalue weighted by molar-refractivity contribution is 0.253. The fourth-order valence-corrected chi connectivity index (χ4v) is 3.17. The van der Waals surface area contributed by atoms with Crippen LogP contribution >= 0.6 is 0 Å². The largest absolute Gasteiger partial charge is 0.345 e. The number of aromatic nitrogens is 2. The van der Waals surface area contributed by atoms with E-state index in [1.165, 1.54) is 56.8 Å². The number of aromatic amines is 1. The summed E-state index contributed by atoms with van der Waals surface area (Å²) in [5, 5.41) is 3.46. The number of H-pyrrole nitrogens is 1. The van der Waals surface area contributed by atoms with Gasteiger partial charge in [0, 0.05) is 30.3 Å². The number of rotatable bonds is 2. The Hall–Kier alpha value is -0.870.